The second-order valence-electron chi connectivity index (χ2n) is 8.31. The van der Waals surface area contributed by atoms with Crippen LogP contribution in [0, 0.1) is 0 Å². The molecule has 37 heavy (non-hydrogen) atoms. The van der Waals surface area contributed by atoms with Crippen molar-refractivity contribution < 1.29 is 4.79 Å². The lowest BCUT2D eigenvalue weighted by Crippen LogP contribution is -2.23. The van der Waals surface area contributed by atoms with Gasteiger partial charge in [-0.1, -0.05) is 103 Å². The summed E-state index contributed by atoms with van der Waals surface area (Å²) >= 11 is 9.33. The lowest BCUT2D eigenvalue weighted by molar-refractivity contribution is 0.0957. The van der Waals surface area contributed by atoms with E-state index in [2.05, 4.69) is 56.9 Å². The molecule has 0 aliphatic rings. The number of carbonyl (C=O) groups is 1. The summed E-state index contributed by atoms with van der Waals surface area (Å²) in [5, 5.41) is 7.89. The van der Waals surface area contributed by atoms with Crippen molar-refractivity contribution in [2.24, 2.45) is 5.10 Å². The van der Waals surface area contributed by atoms with E-state index >= 15 is 0 Å². The summed E-state index contributed by atoms with van der Waals surface area (Å²) < 4.78 is 3.02. The number of aromatic nitrogens is 1. The van der Waals surface area contributed by atoms with Gasteiger partial charge in [-0.05, 0) is 34.9 Å². The van der Waals surface area contributed by atoms with Crippen LogP contribution in [-0.4, -0.2) is 10.5 Å². The predicted octanol–water partition coefficient (Wildman–Crippen LogP) is 7.99. The number of halogens is 1. The zero-order valence-corrected chi connectivity index (χ0v) is 21.9. The molecule has 2 heterocycles. The third kappa shape index (κ3) is 4.62. The van der Waals surface area contributed by atoms with E-state index < -0.39 is 0 Å². The van der Waals surface area contributed by atoms with Gasteiger partial charge in [-0.2, -0.15) is 0 Å². The number of nitrogens with zero attached hydrogens (tertiary/aromatic N) is 2. The minimum absolute atomic E-state index is 0.326. The Morgan fingerprint density at radius 1 is 0.757 bits per heavy atom. The summed E-state index contributed by atoms with van der Waals surface area (Å²) in [4.78, 5) is 14.1. The number of fused-ring (bicyclic) bond motifs is 1. The Labute approximate surface area is 226 Å². The van der Waals surface area contributed by atoms with Crippen molar-refractivity contribution in [1.82, 2.24) is 9.99 Å². The van der Waals surface area contributed by atoms with E-state index in [4.69, 9.17) is 11.6 Å². The molecule has 0 atom stereocenters. The largest absolute Gasteiger partial charge is 0.284 e. The molecule has 0 unspecified atom stereocenters. The monoisotopic (exact) mass is 537 g/mol. The van der Waals surface area contributed by atoms with Crippen LogP contribution in [0.15, 0.2) is 120 Å². The molecular weight excluding hydrogens is 518 g/mol. The molecule has 0 saturated heterocycles. The summed E-state index contributed by atoms with van der Waals surface area (Å²) in [7, 11) is 0. The Morgan fingerprint density at radius 2 is 1.38 bits per heavy atom. The molecule has 0 aliphatic carbocycles. The first-order chi connectivity index (χ1) is 18.2. The second kappa shape index (κ2) is 10.2. The van der Waals surface area contributed by atoms with Gasteiger partial charge in [0.05, 0.1) is 10.7 Å². The number of amides is 1. The SMILES string of the molecule is O=C(N/N=c1/scc(-c2ccc(-c3ccccc3)cc2)n1-c1ccccc1)c1sc2ccccc2c1Cl. The van der Waals surface area contributed by atoms with Crippen molar-refractivity contribution in [1.29, 1.82) is 0 Å². The molecule has 4 aromatic carbocycles. The topological polar surface area (TPSA) is 46.4 Å². The van der Waals surface area contributed by atoms with Gasteiger partial charge in [0.15, 0.2) is 0 Å². The van der Waals surface area contributed by atoms with Gasteiger partial charge < -0.3 is 0 Å². The van der Waals surface area contributed by atoms with Gasteiger partial charge >= 0.3 is 0 Å². The molecule has 0 spiro atoms. The summed E-state index contributed by atoms with van der Waals surface area (Å²) in [5.74, 6) is -0.326. The molecule has 0 radical (unpaired) electrons. The fourth-order valence-electron chi connectivity index (χ4n) is 4.19. The number of thiophene rings is 1. The highest BCUT2D eigenvalue weighted by atomic mass is 35.5. The van der Waals surface area contributed by atoms with Gasteiger partial charge in [0, 0.05) is 21.2 Å². The van der Waals surface area contributed by atoms with Crippen molar-refractivity contribution in [2.45, 2.75) is 0 Å². The number of thiazole rings is 1. The summed E-state index contributed by atoms with van der Waals surface area (Å²) in [5.41, 5.74) is 8.06. The number of hydrogen-bond donors (Lipinski definition) is 1. The molecule has 7 heteroatoms. The molecule has 1 N–H and O–H groups in total. The number of rotatable bonds is 5. The van der Waals surface area contributed by atoms with Crippen LogP contribution in [0.25, 0.3) is 38.2 Å². The quantitative estimate of drug-likeness (QED) is 0.223. The van der Waals surface area contributed by atoms with Crippen molar-refractivity contribution >= 4 is 50.3 Å². The van der Waals surface area contributed by atoms with Gasteiger partial charge in [0.1, 0.15) is 4.88 Å². The average molecular weight is 538 g/mol. The summed E-state index contributed by atoms with van der Waals surface area (Å²) in [6.07, 6.45) is 0. The Hall–Kier alpha value is -3.97. The van der Waals surface area contributed by atoms with Crippen LogP contribution in [0.1, 0.15) is 9.67 Å². The van der Waals surface area contributed by atoms with Crippen molar-refractivity contribution in [3.05, 3.63) is 129 Å². The average Bonchev–Trinajstić information content (AvgIpc) is 3.54. The van der Waals surface area contributed by atoms with E-state index in [0.717, 1.165) is 32.6 Å². The van der Waals surface area contributed by atoms with E-state index in [1.165, 1.54) is 28.2 Å². The van der Waals surface area contributed by atoms with E-state index in [-0.39, 0.29) is 5.91 Å². The minimum atomic E-state index is -0.326. The molecule has 4 nitrogen and oxygen atoms in total. The predicted molar refractivity (Wildman–Crippen MR) is 154 cm³/mol. The number of carbonyl (C=O) groups excluding carboxylic acids is 1. The lowest BCUT2D eigenvalue weighted by atomic mass is 10.0. The summed E-state index contributed by atoms with van der Waals surface area (Å²) in [6, 6.07) is 36.5. The standard InChI is InChI=1S/C30H20ClN3OS2/c31-27-24-13-7-8-14-26(24)37-28(27)29(35)32-33-30-34(23-11-5-2-6-12-23)25(19-36-30)22-17-15-21(16-18-22)20-9-3-1-4-10-20/h1-19H,(H,32,35)/b33-30+. The molecule has 180 valence electrons. The normalized spacial score (nSPS) is 11.6. The van der Waals surface area contributed by atoms with Gasteiger partial charge in [0.2, 0.25) is 4.80 Å². The van der Waals surface area contributed by atoms with E-state index in [1.807, 2.05) is 72.8 Å². The third-order valence-electron chi connectivity index (χ3n) is 6.00. The Morgan fingerprint density at radius 3 is 2.11 bits per heavy atom. The van der Waals surface area contributed by atoms with Crippen LogP contribution < -0.4 is 10.2 Å². The highest BCUT2D eigenvalue weighted by Gasteiger charge is 2.17. The van der Waals surface area contributed by atoms with Crippen molar-refractivity contribution in [2.75, 3.05) is 0 Å². The molecular formula is C30H20ClN3OS2. The molecule has 0 fully saturated rings. The smallest absolute Gasteiger partial charge is 0.283 e. The highest BCUT2D eigenvalue weighted by Crippen LogP contribution is 2.35. The number of benzene rings is 4. The lowest BCUT2D eigenvalue weighted by Gasteiger charge is -2.10. The molecule has 6 rings (SSSR count). The van der Waals surface area contributed by atoms with Gasteiger partial charge in [-0.25, -0.2) is 5.43 Å². The number of nitrogens with one attached hydrogen (secondary N) is 1. The van der Waals surface area contributed by atoms with Gasteiger partial charge in [-0.3, -0.25) is 9.36 Å². The number of para-hydroxylation sites is 1. The zero-order chi connectivity index (χ0) is 25.2. The molecule has 2 aromatic heterocycles. The Kier molecular flexibility index (Phi) is 6.45. The molecule has 0 bridgehead atoms. The molecule has 6 aromatic rings. The van der Waals surface area contributed by atoms with Crippen LogP contribution in [0.2, 0.25) is 5.02 Å². The fourth-order valence-corrected chi connectivity index (χ4v) is 6.46. The van der Waals surface area contributed by atoms with Crippen LogP contribution in [-0.2, 0) is 0 Å². The fraction of sp³-hybridized carbons (Fsp3) is 0. The molecule has 1 amide bonds. The minimum Gasteiger partial charge on any atom is -0.284 e. The zero-order valence-electron chi connectivity index (χ0n) is 19.5. The first kappa shape index (κ1) is 23.4. The Bertz CT molecular complexity index is 1770. The summed E-state index contributed by atoms with van der Waals surface area (Å²) in [6.45, 7) is 0. The van der Waals surface area contributed by atoms with Crippen LogP contribution >= 0.6 is 34.3 Å². The van der Waals surface area contributed by atoms with E-state index in [9.17, 15) is 4.79 Å². The molecule has 0 aliphatic heterocycles. The third-order valence-corrected chi connectivity index (χ3v) is 8.50. The maximum Gasteiger partial charge on any atom is 0.283 e. The maximum absolute atomic E-state index is 13.0. The first-order valence-electron chi connectivity index (χ1n) is 11.6. The Balaban J connectivity index is 1.38. The van der Waals surface area contributed by atoms with Crippen molar-refractivity contribution in [3.8, 4) is 28.1 Å². The van der Waals surface area contributed by atoms with E-state index in [1.54, 1.807) is 0 Å². The van der Waals surface area contributed by atoms with Crippen LogP contribution in [0.3, 0.4) is 0 Å². The first-order valence-corrected chi connectivity index (χ1v) is 13.7. The highest BCUT2D eigenvalue weighted by molar-refractivity contribution is 7.21. The van der Waals surface area contributed by atoms with Crippen LogP contribution in [0.4, 0.5) is 0 Å². The maximum atomic E-state index is 13.0. The molecule has 0 saturated carbocycles. The van der Waals surface area contributed by atoms with Gasteiger partial charge in [-0.15, -0.1) is 27.8 Å². The van der Waals surface area contributed by atoms with Crippen LogP contribution in [0.5, 0.6) is 0 Å². The second-order valence-corrected chi connectivity index (χ2v) is 10.6. The van der Waals surface area contributed by atoms with Crippen molar-refractivity contribution in [3.63, 3.8) is 0 Å². The van der Waals surface area contributed by atoms with E-state index in [0.29, 0.717) is 14.7 Å². The van der Waals surface area contributed by atoms with Gasteiger partial charge in [0.25, 0.3) is 5.91 Å². The number of hydrogen-bond acceptors (Lipinski definition) is 4.